The molecule has 3 N–H and O–H groups in total. The van der Waals surface area contributed by atoms with E-state index in [0.29, 0.717) is 10.7 Å². The molecule has 0 saturated heterocycles. The van der Waals surface area contributed by atoms with E-state index in [0.717, 1.165) is 27.1 Å². The van der Waals surface area contributed by atoms with Gasteiger partial charge in [-0.1, -0.05) is 59.0 Å². The third-order valence-electron chi connectivity index (χ3n) is 4.60. The molecule has 7 nitrogen and oxygen atoms in total. The molecule has 0 radical (unpaired) electrons. The molecule has 0 aliphatic carbocycles. The second-order valence-corrected chi connectivity index (χ2v) is 7.50. The van der Waals surface area contributed by atoms with Gasteiger partial charge >= 0.3 is 0 Å². The summed E-state index contributed by atoms with van der Waals surface area (Å²) in [5.41, 5.74) is 3.18. The highest BCUT2D eigenvalue weighted by molar-refractivity contribution is 7.22. The molecule has 30 heavy (non-hydrogen) atoms. The number of anilines is 1. The van der Waals surface area contributed by atoms with Crippen molar-refractivity contribution < 1.29 is 9.53 Å². The third-order valence-corrected chi connectivity index (χ3v) is 5.54. The maximum absolute atomic E-state index is 12.7. The molecule has 1 heterocycles. The number of methoxy groups -OCH3 is 1. The van der Waals surface area contributed by atoms with Crippen LogP contribution in [0.4, 0.5) is 5.13 Å². The highest BCUT2D eigenvalue weighted by Gasteiger charge is 2.15. The van der Waals surface area contributed by atoms with Crippen LogP contribution in [-0.4, -0.2) is 18.0 Å². The van der Waals surface area contributed by atoms with E-state index in [2.05, 4.69) is 20.6 Å². The number of nitrogens with one attached hydrogen (secondary N) is 1. The first kappa shape index (κ1) is 19.5. The predicted octanol–water partition coefficient (Wildman–Crippen LogP) is 4.97. The molecule has 4 aromatic rings. The Bertz CT molecular complexity index is 1190. The number of rotatable bonds is 6. The Morgan fingerprint density at radius 3 is 2.50 bits per heavy atom. The summed E-state index contributed by atoms with van der Waals surface area (Å²) in [6.45, 7) is 0. The summed E-state index contributed by atoms with van der Waals surface area (Å²) in [4.78, 5) is 17.1. The van der Waals surface area contributed by atoms with E-state index in [1.54, 1.807) is 19.2 Å². The zero-order valence-electron chi connectivity index (χ0n) is 16.1. The minimum Gasteiger partial charge on any atom is -0.497 e. The van der Waals surface area contributed by atoms with Crippen molar-refractivity contribution in [3.63, 3.8) is 0 Å². The van der Waals surface area contributed by atoms with Gasteiger partial charge in [0.15, 0.2) is 5.13 Å². The van der Waals surface area contributed by atoms with Gasteiger partial charge in [0.25, 0.3) is 5.91 Å². The van der Waals surface area contributed by atoms with Crippen LogP contribution in [0.1, 0.15) is 27.5 Å². The minimum atomic E-state index is -0.326. The number of benzene rings is 3. The van der Waals surface area contributed by atoms with E-state index in [1.165, 1.54) is 11.3 Å². The van der Waals surface area contributed by atoms with Gasteiger partial charge in [-0.15, -0.1) is 0 Å². The number of amides is 1. The van der Waals surface area contributed by atoms with Gasteiger partial charge < -0.3 is 10.6 Å². The highest BCUT2D eigenvalue weighted by Crippen LogP contribution is 2.30. The standard InChI is InChI=1S/C22H19N5O2S/c1-29-17-11-12-18-19(13-17)30-22(24-18)25-21(28)16-9-7-15(8-10-16)20(26-27-23)14-5-3-2-4-6-14/h2-13,20H,1H3,(H2,23,26)(H,24,25,28). The Hall–Kier alpha value is -3.78. The molecule has 3 aromatic carbocycles. The molecule has 0 fully saturated rings. The molecule has 1 unspecified atom stereocenters. The molecule has 4 rings (SSSR count). The largest absolute Gasteiger partial charge is 0.497 e. The highest BCUT2D eigenvalue weighted by atomic mass is 32.1. The SMILES string of the molecule is COc1ccc2nc(NC(=O)c3ccc(C(N=NN)c4ccccc4)cc3)sc2c1. The molecule has 0 saturated carbocycles. The number of thiazole rings is 1. The molecule has 1 amide bonds. The second kappa shape index (κ2) is 8.71. The number of aromatic nitrogens is 1. The van der Waals surface area contributed by atoms with Gasteiger partial charge in [0.1, 0.15) is 11.8 Å². The first-order valence-electron chi connectivity index (χ1n) is 9.19. The Kier molecular flexibility index (Phi) is 5.67. The second-order valence-electron chi connectivity index (χ2n) is 6.47. The number of fused-ring (bicyclic) bond motifs is 1. The summed E-state index contributed by atoms with van der Waals surface area (Å²) in [5, 5.41) is 11.0. The summed E-state index contributed by atoms with van der Waals surface area (Å²) in [6.07, 6.45) is 0. The normalized spacial score (nSPS) is 12.2. The van der Waals surface area contributed by atoms with Gasteiger partial charge in [-0.2, -0.15) is 5.11 Å². The van der Waals surface area contributed by atoms with Crippen LogP contribution < -0.4 is 15.9 Å². The maximum Gasteiger partial charge on any atom is 0.257 e. The molecule has 150 valence electrons. The Morgan fingerprint density at radius 1 is 1.07 bits per heavy atom. The lowest BCUT2D eigenvalue weighted by molar-refractivity contribution is 0.102. The first-order chi connectivity index (χ1) is 14.7. The van der Waals surface area contributed by atoms with Crippen LogP contribution in [-0.2, 0) is 0 Å². The lowest BCUT2D eigenvalue weighted by Gasteiger charge is -2.12. The zero-order valence-corrected chi connectivity index (χ0v) is 17.0. The van der Waals surface area contributed by atoms with Crippen molar-refractivity contribution in [3.05, 3.63) is 89.5 Å². The van der Waals surface area contributed by atoms with Gasteiger partial charge in [-0.05, 0) is 41.5 Å². The van der Waals surface area contributed by atoms with Crippen LogP contribution in [0, 0.1) is 0 Å². The molecule has 1 atom stereocenters. The van der Waals surface area contributed by atoms with Crippen LogP contribution >= 0.6 is 11.3 Å². The van der Waals surface area contributed by atoms with Gasteiger partial charge in [0.2, 0.25) is 0 Å². The van der Waals surface area contributed by atoms with Crippen molar-refractivity contribution in [2.75, 3.05) is 12.4 Å². The van der Waals surface area contributed by atoms with E-state index in [9.17, 15) is 4.79 Å². The van der Waals surface area contributed by atoms with Crippen LogP contribution in [0.15, 0.2) is 83.1 Å². The molecule has 1 aromatic heterocycles. The Morgan fingerprint density at radius 2 is 1.80 bits per heavy atom. The quantitative estimate of drug-likeness (QED) is 0.263. The van der Waals surface area contributed by atoms with E-state index in [4.69, 9.17) is 10.6 Å². The number of hydrogen-bond acceptors (Lipinski definition) is 6. The molecule has 0 aliphatic heterocycles. The topological polar surface area (TPSA) is 102 Å². The molecule has 0 spiro atoms. The summed E-state index contributed by atoms with van der Waals surface area (Å²) in [6, 6.07) is 22.2. The number of ether oxygens (including phenoxy) is 1. The predicted molar refractivity (Wildman–Crippen MR) is 118 cm³/mol. The molecule has 8 heteroatoms. The fourth-order valence-electron chi connectivity index (χ4n) is 3.10. The van der Waals surface area contributed by atoms with Crippen molar-refractivity contribution >= 4 is 32.6 Å². The van der Waals surface area contributed by atoms with Gasteiger partial charge in [-0.3, -0.25) is 10.1 Å². The number of carbonyl (C=O) groups excluding carboxylic acids is 1. The maximum atomic E-state index is 12.7. The summed E-state index contributed by atoms with van der Waals surface area (Å²) in [5.74, 6) is 5.82. The summed E-state index contributed by atoms with van der Waals surface area (Å²) >= 11 is 1.40. The lowest BCUT2D eigenvalue weighted by Crippen LogP contribution is -2.11. The molecule has 0 bridgehead atoms. The monoisotopic (exact) mass is 417 g/mol. The van der Waals surface area contributed by atoms with Gasteiger partial charge in [-0.25, -0.2) is 4.98 Å². The number of hydrogen-bond donors (Lipinski definition) is 2. The summed E-state index contributed by atoms with van der Waals surface area (Å²) in [7, 11) is 1.62. The van der Waals surface area contributed by atoms with Crippen LogP contribution in [0.25, 0.3) is 10.2 Å². The van der Waals surface area contributed by atoms with Crippen molar-refractivity contribution in [1.29, 1.82) is 0 Å². The van der Waals surface area contributed by atoms with Crippen LogP contribution in [0.2, 0.25) is 0 Å². The van der Waals surface area contributed by atoms with E-state index < -0.39 is 0 Å². The average molecular weight is 417 g/mol. The number of nitrogens with zero attached hydrogens (tertiary/aromatic N) is 3. The van der Waals surface area contributed by atoms with Crippen molar-refractivity contribution in [3.8, 4) is 5.75 Å². The van der Waals surface area contributed by atoms with Crippen molar-refractivity contribution in [1.82, 2.24) is 4.98 Å². The van der Waals surface area contributed by atoms with E-state index in [1.807, 2.05) is 60.7 Å². The summed E-state index contributed by atoms with van der Waals surface area (Å²) < 4.78 is 6.17. The smallest absolute Gasteiger partial charge is 0.257 e. The first-order valence-corrected chi connectivity index (χ1v) is 10.0. The Balaban J connectivity index is 1.52. The third kappa shape index (κ3) is 4.13. The number of carbonyl (C=O) groups is 1. The fraction of sp³-hybridized carbons (Fsp3) is 0.0909. The Labute approximate surface area is 177 Å². The van der Waals surface area contributed by atoms with Crippen molar-refractivity contribution in [2.24, 2.45) is 16.2 Å². The van der Waals surface area contributed by atoms with Crippen LogP contribution in [0.3, 0.4) is 0 Å². The van der Waals surface area contributed by atoms with E-state index in [-0.39, 0.29) is 11.9 Å². The molecular weight excluding hydrogens is 398 g/mol. The average Bonchev–Trinajstić information content (AvgIpc) is 3.19. The molecular formula is C22H19N5O2S. The van der Waals surface area contributed by atoms with Gasteiger partial charge in [0.05, 0.1) is 17.3 Å². The van der Waals surface area contributed by atoms with E-state index >= 15 is 0 Å². The fourth-order valence-corrected chi connectivity index (χ4v) is 3.99. The lowest BCUT2D eigenvalue weighted by atomic mass is 9.98. The van der Waals surface area contributed by atoms with Crippen molar-refractivity contribution in [2.45, 2.75) is 6.04 Å². The molecule has 0 aliphatic rings. The number of nitrogens with two attached hydrogens (primary N) is 1. The van der Waals surface area contributed by atoms with Gasteiger partial charge in [0, 0.05) is 5.56 Å². The minimum absolute atomic E-state index is 0.232. The van der Waals surface area contributed by atoms with Crippen LogP contribution in [0.5, 0.6) is 5.75 Å². The zero-order chi connectivity index (χ0) is 20.9.